The highest BCUT2D eigenvalue weighted by Gasteiger charge is 2.52. The Bertz CT molecular complexity index is 872. The zero-order chi connectivity index (χ0) is 19.4. The van der Waals surface area contributed by atoms with E-state index in [-0.39, 0.29) is 6.54 Å². The number of rotatable bonds is 6. The van der Waals surface area contributed by atoms with Gasteiger partial charge >= 0.3 is 6.03 Å². The molecule has 2 aromatic rings. The average Bonchev–Trinajstić information content (AvgIpc) is 2.88. The number of anilines is 1. The summed E-state index contributed by atoms with van der Waals surface area (Å²) < 4.78 is 0. The number of halogens is 1. The number of nitrogens with zero attached hydrogens (tertiary/aromatic N) is 1. The van der Waals surface area contributed by atoms with Gasteiger partial charge in [0.25, 0.3) is 5.91 Å². The molecule has 7 heteroatoms. The van der Waals surface area contributed by atoms with E-state index in [9.17, 15) is 14.4 Å². The molecule has 1 aliphatic heterocycles. The molecule has 1 heterocycles. The highest BCUT2D eigenvalue weighted by atomic mass is 35.5. The van der Waals surface area contributed by atoms with E-state index in [1.54, 1.807) is 24.3 Å². The summed E-state index contributed by atoms with van der Waals surface area (Å²) in [4.78, 5) is 38.9. The number of hydrogen-bond acceptors (Lipinski definition) is 3. The molecule has 3 rings (SSSR count). The first-order chi connectivity index (χ1) is 13.0. The maximum Gasteiger partial charge on any atom is 0.325 e. The first-order valence-corrected chi connectivity index (χ1v) is 9.09. The van der Waals surface area contributed by atoms with Gasteiger partial charge in [0.15, 0.2) is 0 Å². The summed E-state index contributed by atoms with van der Waals surface area (Å²) in [6.45, 7) is 1.58. The maximum atomic E-state index is 13.1. The van der Waals surface area contributed by atoms with Crippen LogP contribution in [0.15, 0.2) is 54.6 Å². The molecule has 0 unspecified atom stereocenters. The number of hydrogen-bond donors (Lipinski definition) is 2. The van der Waals surface area contributed by atoms with Gasteiger partial charge in [-0.3, -0.25) is 14.5 Å². The van der Waals surface area contributed by atoms with Crippen LogP contribution in [-0.2, 0) is 15.1 Å². The lowest BCUT2D eigenvalue weighted by molar-refractivity contribution is -0.134. The van der Waals surface area contributed by atoms with E-state index in [4.69, 9.17) is 11.6 Å². The van der Waals surface area contributed by atoms with Crippen molar-refractivity contribution in [2.75, 3.05) is 11.9 Å². The van der Waals surface area contributed by atoms with E-state index in [0.717, 1.165) is 4.90 Å². The lowest BCUT2D eigenvalue weighted by Gasteiger charge is -2.26. The highest BCUT2D eigenvalue weighted by molar-refractivity contribution is 6.30. The molecule has 2 N–H and O–H groups in total. The zero-order valence-corrected chi connectivity index (χ0v) is 15.6. The monoisotopic (exact) mass is 385 g/mol. The maximum absolute atomic E-state index is 13.1. The van der Waals surface area contributed by atoms with E-state index in [0.29, 0.717) is 29.1 Å². The first-order valence-electron chi connectivity index (χ1n) is 8.71. The zero-order valence-electron chi connectivity index (χ0n) is 14.9. The molecule has 140 valence electrons. The Kier molecular flexibility index (Phi) is 5.46. The Balaban J connectivity index is 1.79. The second-order valence-corrected chi connectivity index (χ2v) is 6.84. The SMILES string of the molecule is CCC[C@]1(c2ccccc2)NC(=O)N(CC(=O)Nc2cccc(Cl)c2)C1=O. The molecule has 1 fully saturated rings. The van der Waals surface area contributed by atoms with Crippen LogP contribution >= 0.6 is 11.6 Å². The normalized spacial score (nSPS) is 19.1. The number of benzene rings is 2. The van der Waals surface area contributed by atoms with Crippen molar-refractivity contribution in [1.29, 1.82) is 0 Å². The smallest absolute Gasteiger partial charge is 0.324 e. The highest BCUT2D eigenvalue weighted by Crippen LogP contribution is 2.33. The predicted octanol–water partition coefficient (Wildman–Crippen LogP) is 3.53. The Morgan fingerprint density at radius 3 is 2.56 bits per heavy atom. The number of urea groups is 1. The van der Waals surface area contributed by atoms with Crippen LogP contribution in [-0.4, -0.2) is 29.3 Å². The van der Waals surface area contributed by atoms with Gasteiger partial charge in [0, 0.05) is 10.7 Å². The van der Waals surface area contributed by atoms with Gasteiger partial charge < -0.3 is 10.6 Å². The third-order valence-corrected chi connectivity index (χ3v) is 4.71. The minimum Gasteiger partial charge on any atom is -0.324 e. The molecule has 0 saturated carbocycles. The topological polar surface area (TPSA) is 78.5 Å². The molecular weight excluding hydrogens is 366 g/mol. The van der Waals surface area contributed by atoms with Crippen molar-refractivity contribution >= 4 is 35.1 Å². The molecule has 0 aliphatic carbocycles. The van der Waals surface area contributed by atoms with Gasteiger partial charge in [0.05, 0.1) is 0 Å². The van der Waals surface area contributed by atoms with Crippen LogP contribution in [0.2, 0.25) is 5.02 Å². The molecule has 1 aliphatic rings. The van der Waals surface area contributed by atoms with Crippen molar-refractivity contribution in [2.24, 2.45) is 0 Å². The second-order valence-electron chi connectivity index (χ2n) is 6.40. The summed E-state index contributed by atoms with van der Waals surface area (Å²) in [5.41, 5.74) is 0.0778. The van der Waals surface area contributed by atoms with Crippen LogP contribution < -0.4 is 10.6 Å². The summed E-state index contributed by atoms with van der Waals surface area (Å²) in [6.07, 6.45) is 1.15. The van der Waals surface area contributed by atoms with Crippen molar-refractivity contribution < 1.29 is 14.4 Å². The van der Waals surface area contributed by atoms with Gasteiger partial charge in [-0.1, -0.05) is 61.3 Å². The Labute approximate surface area is 162 Å². The van der Waals surface area contributed by atoms with Gasteiger partial charge in [-0.25, -0.2) is 4.79 Å². The van der Waals surface area contributed by atoms with Gasteiger partial charge in [0.1, 0.15) is 12.1 Å². The van der Waals surface area contributed by atoms with E-state index >= 15 is 0 Å². The number of imide groups is 1. The Morgan fingerprint density at radius 1 is 1.15 bits per heavy atom. The van der Waals surface area contributed by atoms with E-state index in [2.05, 4.69) is 10.6 Å². The number of carbonyl (C=O) groups is 3. The van der Waals surface area contributed by atoms with Crippen molar-refractivity contribution in [3.05, 3.63) is 65.2 Å². The minimum atomic E-state index is -1.14. The summed E-state index contributed by atoms with van der Waals surface area (Å²) in [6, 6.07) is 15.2. The quantitative estimate of drug-likeness (QED) is 0.746. The van der Waals surface area contributed by atoms with Crippen molar-refractivity contribution in [3.8, 4) is 0 Å². The van der Waals surface area contributed by atoms with Crippen LogP contribution in [0, 0.1) is 0 Å². The summed E-state index contributed by atoms with van der Waals surface area (Å²) >= 11 is 5.90. The van der Waals surface area contributed by atoms with Gasteiger partial charge in [-0.05, 0) is 30.2 Å². The van der Waals surface area contributed by atoms with E-state index in [1.807, 2.05) is 37.3 Å². The van der Waals surface area contributed by atoms with Gasteiger partial charge in [0.2, 0.25) is 5.91 Å². The molecule has 6 nitrogen and oxygen atoms in total. The number of amides is 4. The van der Waals surface area contributed by atoms with E-state index < -0.39 is 23.4 Å². The molecule has 0 bridgehead atoms. The third kappa shape index (κ3) is 3.80. The summed E-state index contributed by atoms with van der Waals surface area (Å²) in [5, 5.41) is 5.93. The summed E-state index contributed by atoms with van der Waals surface area (Å²) in [7, 11) is 0. The number of nitrogens with one attached hydrogen (secondary N) is 2. The number of carbonyl (C=O) groups excluding carboxylic acids is 3. The molecule has 1 saturated heterocycles. The van der Waals surface area contributed by atoms with Crippen LogP contribution in [0.1, 0.15) is 25.3 Å². The third-order valence-electron chi connectivity index (χ3n) is 4.48. The largest absolute Gasteiger partial charge is 0.325 e. The van der Waals surface area contributed by atoms with Gasteiger partial charge in [-0.15, -0.1) is 0 Å². The lowest BCUT2D eigenvalue weighted by Crippen LogP contribution is -2.44. The van der Waals surface area contributed by atoms with E-state index in [1.165, 1.54) is 0 Å². The first kappa shape index (κ1) is 18.9. The molecular formula is C20H20ClN3O3. The second kappa shape index (κ2) is 7.80. The van der Waals surface area contributed by atoms with Crippen LogP contribution in [0.4, 0.5) is 10.5 Å². The summed E-state index contributed by atoms with van der Waals surface area (Å²) in [5.74, 6) is -0.886. The fourth-order valence-corrected chi connectivity index (χ4v) is 3.48. The van der Waals surface area contributed by atoms with Crippen LogP contribution in [0.3, 0.4) is 0 Å². The molecule has 0 radical (unpaired) electrons. The molecule has 1 atom stereocenters. The average molecular weight is 386 g/mol. The Morgan fingerprint density at radius 2 is 1.89 bits per heavy atom. The minimum absolute atomic E-state index is 0.366. The van der Waals surface area contributed by atoms with Crippen molar-refractivity contribution in [2.45, 2.75) is 25.3 Å². The van der Waals surface area contributed by atoms with Crippen LogP contribution in [0.25, 0.3) is 0 Å². The van der Waals surface area contributed by atoms with Gasteiger partial charge in [-0.2, -0.15) is 0 Å². The Hall–Kier alpha value is -2.86. The molecule has 27 heavy (non-hydrogen) atoms. The molecule has 4 amide bonds. The lowest BCUT2D eigenvalue weighted by atomic mass is 9.85. The fourth-order valence-electron chi connectivity index (χ4n) is 3.29. The molecule has 0 aromatic heterocycles. The predicted molar refractivity (Wildman–Crippen MR) is 103 cm³/mol. The molecule has 0 spiro atoms. The van der Waals surface area contributed by atoms with Crippen LogP contribution in [0.5, 0.6) is 0 Å². The van der Waals surface area contributed by atoms with Crippen molar-refractivity contribution in [3.63, 3.8) is 0 Å². The molecule has 2 aromatic carbocycles. The van der Waals surface area contributed by atoms with Crippen molar-refractivity contribution in [1.82, 2.24) is 10.2 Å². The standard InChI is InChI=1S/C20H20ClN3O3/c1-2-11-20(14-7-4-3-5-8-14)18(26)24(19(27)23-20)13-17(25)22-16-10-6-9-15(21)12-16/h3-10,12H,2,11,13H2,1H3,(H,22,25)(H,23,27)/t20-/m1/s1. The fraction of sp³-hybridized carbons (Fsp3) is 0.250.